The first-order valence-electron chi connectivity index (χ1n) is 7.53. The van der Waals surface area contributed by atoms with E-state index >= 15 is 0 Å². The molecular formula is C18H24BO2. The van der Waals surface area contributed by atoms with Crippen LogP contribution in [-0.4, -0.2) is 18.8 Å². The van der Waals surface area contributed by atoms with Gasteiger partial charge in [-0.2, -0.15) is 0 Å². The van der Waals surface area contributed by atoms with Crippen molar-refractivity contribution in [3.63, 3.8) is 0 Å². The zero-order valence-electron chi connectivity index (χ0n) is 12.9. The smallest absolute Gasteiger partial charge is 0.429 e. The van der Waals surface area contributed by atoms with E-state index in [9.17, 15) is 0 Å². The van der Waals surface area contributed by atoms with E-state index in [1.165, 1.54) is 11.1 Å². The minimum Gasteiger partial charge on any atom is -0.429 e. The van der Waals surface area contributed by atoms with Crippen molar-refractivity contribution in [1.82, 2.24) is 0 Å². The number of rotatable bonds is 6. The van der Waals surface area contributed by atoms with Gasteiger partial charge < -0.3 is 9.68 Å². The summed E-state index contributed by atoms with van der Waals surface area (Å²) in [7, 11) is 0.782. The Labute approximate surface area is 129 Å². The molecular weight excluding hydrogens is 259 g/mol. The van der Waals surface area contributed by atoms with E-state index in [2.05, 4.69) is 55.5 Å². The van der Waals surface area contributed by atoms with Crippen molar-refractivity contribution in [3.05, 3.63) is 60.7 Å². The van der Waals surface area contributed by atoms with Crippen LogP contribution >= 0.6 is 0 Å². The summed E-state index contributed by atoms with van der Waals surface area (Å²) in [5.74, 6) is 0. The molecule has 111 valence electrons. The fraction of sp³-hybridized carbons (Fsp3) is 0.333. The fourth-order valence-electron chi connectivity index (χ4n) is 2.04. The van der Waals surface area contributed by atoms with Gasteiger partial charge in [0, 0.05) is 6.10 Å². The molecule has 2 rings (SSSR count). The highest BCUT2D eigenvalue weighted by Gasteiger charge is 2.03. The molecule has 0 aliphatic rings. The number of hydrogen-bond donors (Lipinski definition) is 1. The van der Waals surface area contributed by atoms with Gasteiger partial charge in [-0.15, -0.1) is 0 Å². The average molecular weight is 283 g/mol. The van der Waals surface area contributed by atoms with E-state index in [1.807, 2.05) is 19.1 Å². The lowest BCUT2D eigenvalue weighted by Crippen LogP contribution is -2.13. The summed E-state index contributed by atoms with van der Waals surface area (Å²) in [4.78, 5) is 0. The fourth-order valence-corrected chi connectivity index (χ4v) is 2.04. The van der Waals surface area contributed by atoms with Crippen molar-refractivity contribution in [3.8, 4) is 11.1 Å². The highest BCUT2D eigenvalue weighted by molar-refractivity contribution is 6.15. The number of benzene rings is 2. The molecule has 0 amide bonds. The standard InChI is InChI=1S/C12H10.C6H14BO2/c1-3-7-11(8-4-1)12-9-5-2-6-10-12;1-3-5-6(4-2)9-7-8/h1-10H;6,8H,3-5H2,1-2H3. The Morgan fingerprint density at radius 2 is 1.38 bits per heavy atom. The molecule has 0 aliphatic carbocycles. The second-order valence-corrected chi connectivity index (χ2v) is 4.79. The van der Waals surface area contributed by atoms with Gasteiger partial charge >= 0.3 is 7.69 Å². The van der Waals surface area contributed by atoms with Crippen LogP contribution in [0.1, 0.15) is 33.1 Å². The lowest BCUT2D eigenvalue weighted by molar-refractivity contribution is 0.168. The third-order valence-electron chi connectivity index (χ3n) is 3.20. The van der Waals surface area contributed by atoms with Crippen molar-refractivity contribution in [1.29, 1.82) is 0 Å². The first-order chi connectivity index (χ1) is 10.3. The Morgan fingerprint density at radius 3 is 1.71 bits per heavy atom. The average Bonchev–Trinajstić information content (AvgIpc) is 2.57. The summed E-state index contributed by atoms with van der Waals surface area (Å²) < 4.78 is 4.86. The van der Waals surface area contributed by atoms with Gasteiger partial charge in [-0.05, 0) is 24.0 Å². The minimum atomic E-state index is 0.208. The highest BCUT2D eigenvalue weighted by atomic mass is 16.5. The quantitative estimate of drug-likeness (QED) is 0.793. The lowest BCUT2D eigenvalue weighted by Gasteiger charge is -2.11. The maximum Gasteiger partial charge on any atom is 0.485 e. The van der Waals surface area contributed by atoms with Crippen molar-refractivity contribution in [2.45, 2.75) is 39.2 Å². The van der Waals surface area contributed by atoms with Crippen LogP contribution < -0.4 is 0 Å². The van der Waals surface area contributed by atoms with E-state index in [1.54, 1.807) is 0 Å². The van der Waals surface area contributed by atoms with Crippen LogP contribution in [0.3, 0.4) is 0 Å². The van der Waals surface area contributed by atoms with E-state index in [4.69, 9.17) is 9.68 Å². The van der Waals surface area contributed by atoms with E-state index in [0.29, 0.717) is 0 Å². The topological polar surface area (TPSA) is 29.5 Å². The highest BCUT2D eigenvalue weighted by Crippen LogP contribution is 2.17. The Morgan fingerprint density at radius 1 is 0.905 bits per heavy atom. The first kappa shape index (κ1) is 17.5. The molecule has 0 fully saturated rings. The van der Waals surface area contributed by atoms with Gasteiger partial charge in [-0.3, -0.25) is 0 Å². The maximum absolute atomic E-state index is 8.25. The molecule has 1 atom stereocenters. The van der Waals surface area contributed by atoms with Crippen molar-refractivity contribution < 1.29 is 9.68 Å². The Hall–Kier alpha value is -1.58. The maximum atomic E-state index is 8.25. The van der Waals surface area contributed by atoms with Gasteiger partial charge in [0.15, 0.2) is 0 Å². The van der Waals surface area contributed by atoms with Crippen molar-refractivity contribution >= 4 is 7.69 Å². The third-order valence-corrected chi connectivity index (χ3v) is 3.20. The van der Waals surface area contributed by atoms with Crippen LogP contribution in [0.4, 0.5) is 0 Å². The van der Waals surface area contributed by atoms with Gasteiger partial charge in [0.05, 0.1) is 0 Å². The molecule has 1 N–H and O–H groups in total. The molecule has 0 saturated carbocycles. The summed E-state index contributed by atoms with van der Waals surface area (Å²) >= 11 is 0. The van der Waals surface area contributed by atoms with Crippen LogP contribution in [0.2, 0.25) is 0 Å². The predicted octanol–water partition coefficient (Wildman–Crippen LogP) is 4.46. The normalized spacial score (nSPS) is 11.2. The third kappa shape index (κ3) is 7.12. The van der Waals surface area contributed by atoms with E-state index in [-0.39, 0.29) is 6.10 Å². The molecule has 2 aromatic rings. The SMILES string of the molecule is CCCC(CC)O[B]O.c1ccc(-c2ccccc2)cc1. The van der Waals surface area contributed by atoms with Crippen molar-refractivity contribution in [2.75, 3.05) is 0 Å². The summed E-state index contributed by atoms with van der Waals surface area (Å²) in [6.45, 7) is 4.15. The second-order valence-electron chi connectivity index (χ2n) is 4.79. The number of hydrogen-bond acceptors (Lipinski definition) is 2. The van der Waals surface area contributed by atoms with E-state index in [0.717, 1.165) is 26.9 Å². The first-order valence-corrected chi connectivity index (χ1v) is 7.53. The van der Waals surface area contributed by atoms with Gasteiger partial charge in [-0.25, -0.2) is 0 Å². The molecule has 0 heterocycles. The zero-order chi connectivity index (χ0) is 15.3. The van der Waals surface area contributed by atoms with Gasteiger partial charge in [-0.1, -0.05) is 80.9 Å². The molecule has 0 aliphatic heterocycles. The summed E-state index contributed by atoms with van der Waals surface area (Å²) in [6, 6.07) is 20.8. The van der Waals surface area contributed by atoms with E-state index < -0.39 is 0 Å². The Bertz CT molecular complexity index is 416. The van der Waals surface area contributed by atoms with Gasteiger partial charge in [0.2, 0.25) is 0 Å². The molecule has 0 aromatic heterocycles. The molecule has 0 bridgehead atoms. The molecule has 21 heavy (non-hydrogen) atoms. The summed E-state index contributed by atoms with van der Waals surface area (Å²) in [5.41, 5.74) is 2.55. The minimum absolute atomic E-state index is 0.208. The van der Waals surface area contributed by atoms with Gasteiger partial charge in [0.25, 0.3) is 0 Å². The molecule has 0 saturated heterocycles. The summed E-state index contributed by atoms with van der Waals surface area (Å²) in [5, 5.41) is 8.25. The van der Waals surface area contributed by atoms with Crippen LogP contribution in [0.5, 0.6) is 0 Å². The molecule has 2 nitrogen and oxygen atoms in total. The molecule has 0 spiro atoms. The molecule has 1 radical (unpaired) electrons. The van der Waals surface area contributed by atoms with Crippen LogP contribution in [0.15, 0.2) is 60.7 Å². The largest absolute Gasteiger partial charge is 0.485 e. The molecule has 1 unspecified atom stereocenters. The molecule has 3 heteroatoms. The lowest BCUT2D eigenvalue weighted by atomic mass is 10.1. The summed E-state index contributed by atoms with van der Waals surface area (Å²) in [6.07, 6.45) is 3.30. The van der Waals surface area contributed by atoms with Crippen LogP contribution in [0, 0.1) is 0 Å². The van der Waals surface area contributed by atoms with Crippen LogP contribution in [0.25, 0.3) is 11.1 Å². The Balaban J connectivity index is 0.000000222. The predicted molar refractivity (Wildman–Crippen MR) is 89.9 cm³/mol. The zero-order valence-corrected chi connectivity index (χ0v) is 12.9. The van der Waals surface area contributed by atoms with Crippen molar-refractivity contribution in [2.24, 2.45) is 0 Å². The Kier molecular flexibility index (Phi) is 9.26. The van der Waals surface area contributed by atoms with Crippen LogP contribution in [-0.2, 0) is 4.65 Å². The second kappa shape index (κ2) is 11.1. The molecule has 2 aromatic carbocycles. The monoisotopic (exact) mass is 283 g/mol. The van der Waals surface area contributed by atoms with Gasteiger partial charge in [0.1, 0.15) is 0 Å².